The topological polar surface area (TPSA) is 124 Å². The molecule has 0 radical (unpaired) electrons. The van der Waals surface area contributed by atoms with Gasteiger partial charge in [-0.2, -0.15) is 15.0 Å². The standard InChI is InChI=1S/C15H22N6O3/c1-2-24-12-5-3-11(4-6-12)18-15-20-13(16-7-9-22)19-14(21-15)17-8-10-23/h3-6,22-23H,2,7-10H2,1H3,(H3,16,17,18,19,20,21). The highest BCUT2D eigenvalue weighted by molar-refractivity contribution is 5.56. The van der Waals surface area contributed by atoms with Gasteiger partial charge in [0.1, 0.15) is 5.75 Å². The zero-order valence-corrected chi connectivity index (χ0v) is 13.5. The average molecular weight is 334 g/mol. The lowest BCUT2D eigenvalue weighted by Gasteiger charge is -2.11. The number of benzene rings is 1. The first kappa shape index (κ1) is 17.7. The molecule has 24 heavy (non-hydrogen) atoms. The molecule has 0 aliphatic rings. The minimum absolute atomic E-state index is 0.0350. The number of aliphatic hydroxyl groups excluding tert-OH is 2. The van der Waals surface area contributed by atoms with Gasteiger partial charge in [0.25, 0.3) is 0 Å². The number of aliphatic hydroxyl groups is 2. The van der Waals surface area contributed by atoms with Gasteiger partial charge in [0.15, 0.2) is 0 Å². The van der Waals surface area contributed by atoms with Gasteiger partial charge in [0.2, 0.25) is 17.8 Å². The van der Waals surface area contributed by atoms with Crippen molar-refractivity contribution < 1.29 is 14.9 Å². The third-order valence-corrected chi connectivity index (χ3v) is 2.85. The van der Waals surface area contributed by atoms with Crippen LogP contribution in [0.3, 0.4) is 0 Å². The average Bonchev–Trinajstić information content (AvgIpc) is 2.60. The third kappa shape index (κ3) is 5.52. The van der Waals surface area contributed by atoms with Crippen molar-refractivity contribution >= 4 is 23.5 Å². The Morgan fingerprint density at radius 2 is 1.42 bits per heavy atom. The highest BCUT2D eigenvalue weighted by Gasteiger charge is 2.07. The quantitative estimate of drug-likeness (QED) is 0.429. The predicted molar refractivity (Wildman–Crippen MR) is 91.9 cm³/mol. The van der Waals surface area contributed by atoms with E-state index >= 15 is 0 Å². The highest BCUT2D eigenvalue weighted by atomic mass is 16.5. The van der Waals surface area contributed by atoms with Gasteiger partial charge in [-0.1, -0.05) is 0 Å². The first-order chi connectivity index (χ1) is 11.7. The summed E-state index contributed by atoms with van der Waals surface area (Å²) in [5, 5.41) is 26.7. The molecule has 0 aliphatic heterocycles. The predicted octanol–water partition coefficient (Wildman–Crippen LogP) is 0.822. The Labute approximate surface area is 140 Å². The summed E-state index contributed by atoms with van der Waals surface area (Å²) in [5.74, 6) is 1.78. The maximum absolute atomic E-state index is 8.90. The van der Waals surface area contributed by atoms with Gasteiger partial charge in [0.05, 0.1) is 19.8 Å². The Kier molecular flexibility index (Phi) is 6.99. The maximum Gasteiger partial charge on any atom is 0.233 e. The largest absolute Gasteiger partial charge is 0.494 e. The molecule has 2 aromatic rings. The van der Waals surface area contributed by atoms with E-state index in [1.54, 1.807) is 0 Å². The Balaban J connectivity index is 2.13. The van der Waals surface area contributed by atoms with Crippen LogP contribution in [0.4, 0.5) is 23.5 Å². The molecule has 9 nitrogen and oxygen atoms in total. The van der Waals surface area contributed by atoms with E-state index in [0.29, 0.717) is 37.5 Å². The number of rotatable bonds is 10. The van der Waals surface area contributed by atoms with Gasteiger partial charge in [0, 0.05) is 18.8 Å². The van der Waals surface area contributed by atoms with E-state index in [0.717, 1.165) is 11.4 Å². The van der Waals surface area contributed by atoms with Crippen molar-refractivity contribution in [1.82, 2.24) is 15.0 Å². The van der Waals surface area contributed by atoms with Crippen LogP contribution < -0.4 is 20.7 Å². The van der Waals surface area contributed by atoms with Crippen molar-refractivity contribution in [3.63, 3.8) is 0 Å². The summed E-state index contributed by atoms with van der Waals surface area (Å²) in [5.41, 5.74) is 0.797. The van der Waals surface area contributed by atoms with Crippen LogP contribution in [-0.4, -0.2) is 58.1 Å². The van der Waals surface area contributed by atoms with Gasteiger partial charge >= 0.3 is 0 Å². The number of anilines is 4. The summed E-state index contributed by atoms with van der Waals surface area (Å²) in [6.07, 6.45) is 0. The molecule has 1 heterocycles. The summed E-state index contributed by atoms with van der Waals surface area (Å²) in [4.78, 5) is 12.6. The molecule has 0 saturated heterocycles. The third-order valence-electron chi connectivity index (χ3n) is 2.85. The van der Waals surface area contributed by atoms with Gasteiger partial charge < -0.3 is 30.9 Å². The molecule has 0 saturated carbocycles. The minimum atomic E-state index is -0.0350. The molecule has 0 amide bonds. The number of nitrogens with zero attached hydrogens (tertiary/aromatic N) is 3. The van der Waals surface area contributed by atoms with Crippen molar-refractivity contribution in [1.29, 1.82) is 0 Å². The molecular formula is C15H22N6O3. The van der Waals surface area contributed by atoms with Crippen molar-refractivity contribution in [3.05, 3.63) is 24.3 Å². The SMILES string of the molecule is CCOc1ccc(Nc2nc(NCCO)nc(NCCO)n2)cc1. The van der Waals surface area contributed by atoms with E-state index in [2.05, 4.69) is 30.9 Å². The fourth-order valence-electron chi connectivity index (χ4n) is 1.86. The second-order valence-electron chi connectivity index (χ2n) is 4.69. The monoisotopic (exact) mass is 334 g/mol. The Morgan fingerprint density at radius 3 is 1.92 bits per heavy atom. The fourth-order valence-corrected chi connectivity index (χ4v) is 1.86. The zero-order valence-electron chi connectivity index (χ0n) is 13.5. The van der Waals surface area contributed by atoms with Gasteiger partial charge in [-0.05, 0) is 31.2 Å². The fraction of sp³-hybridized carbons (Fsp3) is 0.400. The van der Waals surface area contributed by atoms with E-state index in [-0.39, 0.29) is 13.2 Å². The van der Waals surface area contributed by atoms with Crippen LogP contribution in [-0.2, 0) is 0 Å². The van der Waals surface area contributed by atoms with E-state index in [1.807, 2.05) is 31.2 Å². The lowest BCUT2D eigenvalue weighted by molar-refractivity contribution is 0.310. The summed E-state index contributed by atoms with van der Waals surface area (Å²) in [6.45, 7) is 3.12. The molecule has 0 bridgehead atoms. The molecule has 0 aliphatic carbocycles. The minimum Gasteiger partial charge on any atom is -0.494 e. The summed E-state index contributed by atoms with van der Waals surface area (Å²) < 4.78 is 5.40. The molecule has 9 heteroatoms. The normalized spacial score (nSPS) is 10.3. The van der Waals surface area contributed by atoms with Crippen LogP contribution in [0.1, 0.15) is 6.92 Å². The molecular weight excluding hydrogens is 312 g/mol. The van der Waals surface area contributed by atoms with E-state index in [9.17, 15) is 0 Å². The summed E-state index contributed by atoms with van der Waals surface area (Å²) in [7, 11) is 0. The molecule has 5 N–H and O–H groups in total. The van der Waals surface area contributed by atoms with Crippen LogP contribution in [0.15, 0.2) is 24.3 Å². The number of hydrogen-bond donors (Lipinski definition) is 5. The number of ether oxygens (including phenoxy) is 1. The first-order valence-electron chi connectivity index (χ1n) is 7.70. The summed E-state index contributed by atoms with van der Waals surface area (Å²) in [6, 6.07) is 7.42. The molecule has 0 unspecified atom stereocenters. The second kappa shape index (κ2) is 9.48. The Bertz CT molecular complexity index is 597. The van der Waals surface area contributed by atoms with Crippen molar-refractivity contribution in [2.24, 2.45) is 0 Å². The van der Waals surface area contributed by atoms with Gasteiger partial charge in [-0.25, -0.2) is 0 Å². The Hall–Kier alpha value is -2.65. The Morgan fingerprint density at radius 1 is 0.875 bits per heavy atom. The zero-order chi connectivity index (χ0) is 17.2. The van der Waals surface area contributed by atoms with E-state index in [4.69, 9.17) is 14.9 Å². The molecule has 1 aromatic heterocycles. The highest BCUT2D eigenvalue weighted by Crippen LogP contribution is 2.19. The second-order valence-corrected chi connectivity index (χ2v) is 4.69. The van der Waals surface area contributed by atoms with Crippen LogP contribution in [0.25, 0.3) is 0 Å². The van der Waals surface area contributed by atoms with E-state index in [1.165, 1.54) is 0 Å². The molecule has 0 fully saturated rings. The first-order valence-corrected chi connectivity index (χ1v) is 7.70. The molecule has 0 spiro atoms. The van der Waals surface area contributed by atoms with Gasteiger partial charge in [-0.3, -0.25) is 0 Å². The van der Waals surface area contributed by atoms with Crippen LogP contribution in [0, 0.1) is 0 Å². The van der Waals surface area contributed by atoms with Crippen molar-refractivity contribution in [3.8, 4) is 5.75 Å². The van der Waals surface area contributed by atoms with Crippen LogP contribution in [0.2, 0.25) is 0 Å². The summed E-state index contributed by atoms with van der Waals surface area (Å²) >= 11 is 0. The number of aromatic nitrogens is 3. The van der Waals surface area contributed by atoms with Crippen LogP contribution >= 0.6 is 0 Å². The van der Waals surface area contributed by atoms with E-state index < -0.39 is 0 Å². The maximum atomic E-state index is 8.90. The molecule has 1 aromatic carbocycles. The molecule has 130 valence electrons. The molecule has 0 atom stereocenters. The smallest absolute Gasteiger partial charge is 0.233 e. The lowest BCUT2D eigenvalue weighted by atomic mass is 10.3. The van der Waals surface area contributed by atoms with Crippen molar-refractivity contribution in [2.45, 2.75) is 6.92 Å². The lowest BCUT2D eigenvalue weighted by Crippen LogP contribution is -2.14. The number of hydrogen-bond acceptors (Lipinski definition) is 9. The molecule has 2 rings (SSSR count). The number of nitrogens with one attached hydrogen (secondary N) is 3. The van der Waals surface area contributed by atoms with Crippen LogP contribution in [0.5, 0.6) is 5.75 Å². The van der Waals surface area contributed by atoms with Gasteiger partial charge in [-0.15, -0.1) is 0 Å². The van der Waals surface area contributed by atoms with Crippen molar-refractivity contribution in [2.75, 3.05) is 48.9 Å².